The summed E-state index contributed by atoms with van der Waals surface area (Å²) >= 11 is 3.31. The quantitative estimate of drug-likeness (QED) is 0.767. The molecule has 2 amide bonds. The van der Waals surface area contributed by atoms with E-state index in [1.807, 2.05) is 6.07 Å². The normalized spacial score (nSPS) is 15.7. The van der Waals surface area contributed by atoms with Crippen molar-refractivity contribution in [3.63, 3.8) is 0 Å². The van der Waals surface area contributed by atoms with Gasteiger partial charge in [-0.3, -0.25) is 9.59 Å². The summed E-state index contributed by atoms with van der Waals surface area (Å²) in [5.41, 5.74) is 0.536. The van der Waals surface area contributed by atoms with Gasteiger partial charge in [0.2, 0.25) is 5.91 Å². The number of hydrogen-bond acceptors (Lipinski definition) is 3. The molecule has 20 heavy (non-hydrogen) atoms. The van der Waals surface area contributed by atoms with Gasteiger partial charge in [0.15, 0.2) is 0 Å². The van der Waals surface area contributed by atoms with Crippen molar-refractivity contribution in [1.82, 2.24) is 16.0 Å². The third-order valence-corrected chi connectivity index (χ3v) is 3.69. The van der Waals surface area contributed by atoms with Crippen LogP contribution >= 0.6 is 15.9 Å². The molecule has 0 bridgehead atoms. The van der Waals surface area contributed by atoms with E-state index in [0.29, 0.717) is 5.56 Å². The van der Waals surface area contributed by atoms with Gasteiger partial charge in [0.25, 0.3) is 5.91 Å². The standard InChI is InChI=1S/C14H18BrN3O2/c15-11-3-1-2-10(8-11)14(20)17-9-13(19)18-12-4-6-16-7-5-12/h1-3,8,12,16H,4-7,9H2,(H,17,20)(H,18,19). The Hall–Kier alpha value is -1.40. The van der Waals surface area contributed by atoms with Crippen molar-refractivity contribution in [3.05, 3.63) is 34.3 Å². The molecule has 1 fully saturated rings. The van der Waals surface area contributed by atoms with E-state index in [0.717, 1.165) is 30.4 Å². The van der Waals surface area contributed by atoms with Crippen LogP contribution < -0.4 is 16.0 Å². The number of carbonyl (C=O) groups excluding carboxylic acids is 2. The molecule has 0 aromatic heterocycles. The Kier molecular flexibility index (Phi) is 5.55. The molecule has 1 aliphatic rings. The molecule has 0 radical (unpaired) electrons. The summed E-state index contributed by atoms with van der Waals surface area (Å²) in [5, 5.41) is 8.80. The highest BCUT2D eigenvalue weighted by molar-refractivity contribution is 9.10. The van der Waals surface area contributed by atoms with Crippen molar-refractivity contribution in [2.75, 3.05) is 19.6 Å². The fourth-order valence-corrected chi connectivity index (χ4v) is 2.54. The molecule has 5 nitrogen and oxygen atoms in total. The van der Waals surface area contributed by atoms with E-state index in [2.05, 4.69) is 31.9 Å². The van der Waals surface area contributed by atoms with Gasteiger partial charge >= 0.3 is 0 Å². The van der Waals surface area contributed by atoms with Crippen LogP contribution in [0.5, 0.6) is 0 Å². The third kappa shape index (κ3) is 4.61. The fraction of sp³-hybridized carbons (Fsp3) is 0.429. The highest BCUT2D eigenvalue weighted by Gasteiger charge is 2.15. The molecular formula is C14H18BrN3O2. The van der Waals surface area contributed by atoms with Crippen LogP contribution in [0.15, 0.2) is 28.7 Å². The second-order valence-corrected chi connectivity index (χ2v) is 5.70. The van der Waals surface area contributed by atoms with Crippen molar-refractivity contribution >= 4 is 27.7 Å². The first-order valence-corrected chi connectivity index (χ1v) is 7.48. The van der Waals surface area contributed by atoms with E-state index < -0.39 is 0 Å². The van der Waals surface area contributed by atoms with E-state index in [-0.39, 0.29) is 24.4 Å². The van der Waals surface area contributed by atoms with E-state index in [1.165, 1.54) is 0 Å². The van der Waals surface area contributed by atoms with E-state index >= 15 is 0 Å². The van der Waals surface area contributed by atoms with Crippen LogP contribution in [-0.2, 0) is 4.79 Å². The molecule has 3 N–H and O–H groups in total. The highest BCUT2D eigenvalue weighted by atomic mass is 79.9. The summed E-state index contributed by atoms with van der Waals surface area (Å²) in [5.74, 6) is -0.382. The molecule has 0 aliphatic carbocycles. The smallest absolute Gasteiger partial charge is 0.251 e. The first-order valence-electron chi connectivity index (χ1n) is 6.69. The van der Waals surface area contributed by atoms with Crippen molar-refractivity contribution in [2.45, 2.75) is 18.9 Å². The molecule has 1 saturated heterocycles. The van der Waals surface area contributed by atoms with E-state index in [1.54, 1.807) is 18.2 Å². The van der Waals surface area contributed by atoms with Crippen LogP contribution in [0.2, 0.25) is 0 Å². The van der Waals surface area contributed by atoms with Crippen LogP contribution in [-0.4, -0.2) is 37.5 Å². The number of carbonyl (C=O) groups is 2. The lowest BCUT2D eigenvalue weighted by Crippen LogP contribution is -2.46. The molecule has 0 unspecified atom stereocenters. The van der Waals surface area contributed by atoms with Gasteiger partial charge in [-0.2, -0.15) is 0 Å². The lowest BCUT2D eigenvalue weighted by atomic mass is 10.1. The molecule has 0 saturated carbocycles. The van der Waals surface area contributed by atoms with Gasteiger partial charge in [-0.1, -0.05) is 22.0 Å². The minimum absolute atomic E-state index is 0.00920. The maximum atomic E-state index is 11.9. The van der Waals surface area contributed by atoms with Crippen molar-refractivity contribution in [2.24, 2.45) is 0 Å². The third-order valence-electron chi connectivity index (χ3n) is 3.20. The average Bonchev–Trinajstić information content (AvgIpc) is 2.46. The maximum absolute atomic E-state index is 11.9. The van der Waals surface area contributed by atoms with Crippen molar-refractivity contribution in [1.29, 1.82) is 0 Å². The number of hydrogen-bond donors (Lipinski definition) is 3. The zero-order valence-electron chi connectivity index (χ0n) is 11.1. The molecule has 6 heteroatoms. The zero-order chi connectivity index (χ0) is 14.4. The number of piperidine rings is 1. The lowest BCUT2D eigenvalue weighted by Gasteiger charge is -2.23. The first kappa shape index (κ1) is 15.0. The van der Waals surface area contributed by atoms with Gasteiger partial charge in [0.05, 0.1) is 6.54 Å². The van der Waals surface area contributed by atoms with Crippen LogP contribution in [0.25, 0.3) is 0 Å². The summed E-state index contributed by atoms with van der Waals surface area (Å²) in [6.07, 6.45) is 1.87. The van der Waals surface area contributed by atoms with Crippen LogP contribution in [0, 0.1) is 0 Å². The van der Waals surface area contributed by atoms with Crippen LogP contribution in [0.1, 0.15) is 23.2 Å². The molecule has 108 valence electrons. The largest absolute Gasteiger partial charge is 0.352 e. The molecule has 0 atom stereocenters. The minimum atomic E-state index is -0.244. The van der Waals surface area contributed by atoms with Crippen molar-refractivity contribution in [3.8, 4) is 0 Å². The zero-order valence-corrected chi connectivity index (χ0v) is 12.7. The highest BCUT2D eigenvalue weighted by Crippen LogP contribution is 2.11. The predicted molar refractivity (Wildman–Crippen MR) is 80.5 cm³/mol. The Morgan fingerprint density at radius 3 is 2.75 bits per heavy atom. The second-order valence-electron chi connectivity index (χ2n) is 4.78. The summed E-state index contributed by atoms with van der Waals surface area (Å²) in [6.45, 7) is 1.86. The van der Waals surface area contributed by atoms with Gasteiger partial charge in [-0.25, -0.2) is 0 Å². The minimum Gasteiger partial charge on any atom is -0.352 e. The lowest BCUT2D eigenvalue weighted by molar-refractivity contribution is -0.121. The molecule has 0 spiro atoms. The first-order chi connectivity index (χ1) is 9.65. The monoisotopic (exact) mass is 339 g/mol. The fourth-order valence-electron chi connectivity index (χ4n) is 2.14. The molecule has 2 rings (SSSR count). The average molecular weight is 340 g/mol. The summed E-state index contributed by atoms with van der Waals surface area (Å²) < 4.78 is 0.837. The maximum Gasteiger partial charge on any atom is 0.251 e. The van der Waals surface area contributed by atoms with Crippen molar-refractivity contribution < 1.29 is 9.59 Å². The van der Waals surface area contributed by atoms with Gasteiger partial charge in [-0.05, 0) is 44.1 Å². The Balaban J connectivity index is 1.76. The number of amides is 2. The molecule has 1 aromatic rings. The summed E-state index contributed by atoms with van der Waals surface area (Å²) in [6, 6.07) is 7.28. The topological polar surface area (TPSA) is 70.2 Å². The molecule has 1 aromatic carbocycles. The Bertz CT molecular complexity index is 487. The summed E-state index contributed by atoms with van der Waals surface area (Å²) in [7, 11) is 0. The Labute approximate surface area is 126 Å². The van der Waals surface area contributed by atoms with Gasteiger partial charge < -0.3 is 16.0 Å². The predicted octanol–water partition coefficient (Wildman–Crippen LogP) is 1.05. The number of benzene rings is 1. The Morgan fingerprint density at radius 2 is 2.05 bits per heavy atom. The van der Waals surface area contributed by atoms with Gasteiger partial charge in [0, 0.05) is 16.1 Å². The van der Waals surface area contributed by atoms with Gasteiger partial charge in [0.1, 0.15) is 0 Å². The second kappa shape index (κ2) is 7.40. The van der Waals surface area contributed by atoms with Crippen LogP contribution in [0.3, 0.4) is 0 Å². The number of nitrogens with one attached hydrogen (secondary N) is 3. The van der Waals surface area contributed by atoms with E-state index in [4.69, 9.17) is 0 Å². The van der Waals surface area contributed by atoms with Gasteiger partial charge in [-0.15, -0.1) is 0 Å². The number of halogens is 1. The molecular weight excluding hydrogens is 322 g/mol. The Morgan fingerprint density at radius 1 is 1.30 bits per heavy atom. The number of rotatable bonds is 4. The summed E-state index contributed by atoms with van der Waals surface area (Å²) in [4.78, 5) is 23.6. The molecule has 1 heterocycles. The molecule has 1 aliphatic heterocycles. The SMILES string of the molecule is O=C(CNC(=O)c1cccc(Br)c1)NC1CCNCC1. The van der Waals surface area contributed by atoms with E-state index in [9.17, 15) is 9.59 Å². The van der Waals surface area contributed by atoms with Crippen LogP contribution in [0.4, 0.5) is 0 Å².